The van der Waals surface area contributed by atoms with Crippen LogP contribution in [0.25, 0.3) is 0 Å². The summed E-state index contributed by atoms with van der Waals surface area (Å²) in [5.74, 6) is -0.152. The average molecular weight is 396 g/mol. The fourth-order valence-corrected chi connectivity index (χ4v) is 3.24. The smallest absolute Gasteiger partial charge is 0.230 e. The number of amides is 1. The van der Waals surface area contributed by atoms with E-state index in [-0.39, 0.29) is 11.9 Å². The van der Waals surface area contributed by atoms with Gasteiger partial charge < -0.3 is 5.32 Å². The summed E-state index contributed by atoms with van der Waals surface area (Å²) < 4.78 is 0. The number of hydrazone groups is 1. The van der Waals surface area contributed by atoms with Crippen LogP contribution in [0, 0.1) is 0 Å². The number of hydrogen-bond donors (Lipinski definition) is 2. The summed E-state index contributed by atoms with van der Waals surface area (Å²) in [6, 6.07) is 7.29. The summed E-state index contributed by atoms with van der Waals surface area (Å²) in [5, 5.41) is 10.4. The number of thiazole rings is 1. The van der Waals surface area contributed by atoms with Crippen LogP contribution in [0.4, 0.5) is 10.8 Å². The Morgan fingerprint density at radius 1 is 1.48 bits per heavy atom. The first-order chi connectivity index (χ1) is 11.9. The van der Waals surface area contributed by atoms with Crippen molar-refractivity contribution in [1.29, 1.82) is 0 Å². The summed E-state index contributed by atoms with van der Waals surface area (Å²) >= 11 is 12.4. The SMILES string of the molecule is CC(=O)N(c1cccc(Cl)c1)c1nc(/C=N\NC(=S)NC(C)C)cs1. The number of hydrogen-bond acceptors (Lipinski definition) is 5. The van der Waals surface area contributed by atoms with E-state index in [9.17, 15) is 4.79 Å². The van der Waals surface area contributed by atoms with Crippen LogP contribution < -0.4 is 15.6 Å². The topological polar surface area (TPSA) is 69.6 Å². The Hall–Kier alpha value is -2.03. The number of nitrogens with zero attached hydrogens (tertiary/aromatic N) is 3. The highest BCUT2D eigenvalue weighted by Crippen LogP contribution is 2.30. The quantitative estimate of drug-likeness (QED) is 0.459. The molecule has 1 aromatic carbocycles. The van der Waals surface area contributed by atoms with E-state index in [0.717, 1.165) is 0 Å². The summed E-state index contributed by atoms with van der Waals surface area (Å²) in [7, 11) is 0. The number of thiocarbonyl (C=S) groups is 1. The molecule has 0 spiro atoms. The Balaban J connectivity index is 2.12. The molecule has 0 radical (unpaired) electrons. The van der Waals surface area contributed by atoms with Gasteiger partial charge in [0.25, 0.3) is 0 Å². The van der Waals surface area contributed by atoms with Gasteiger partial charge >= 0.3 is 0 Å². The highest BCUT2D eigenvalue weighted by atomic mass is 35.5. The van der Waals surface area contributed by atoms with Gasteiger partial charge in [-0.1, -0.05) is 17.7 Å². The number of carbonyl (C=O) groups is 1. The van der Waals surface area contributed by atoms with E-state index in [0.29, 0.717) is 26.6 Å². The summed E-state index contributed by atoms with van der Waals surface area (Å²) in [5.41, 5.74) is 4.00. The molecule has 2 N–H and O–H groups in total. The number of anilines is 2. The molecule has 0 saturated carbocycles. The Labute approximate surface area is 160 Å². The third kappa shape index (κ3) is 5.77. The van der Waals surface area contributed by atoms with Crippen LogP contribution in [0.5, 0.6) is 0 Å². The molecular weight excluding hydrogens is 378 g/mol. The number of rotatable bonds is 5. The number of benzene rings is 1. The third-order valence-electron chi connectivity index (χ3n) is 2.87. The molecule has 1 aromatic heterocycles. The van der Waals surface area contributed by atoms with Crippen molar-refractivity contribution in [3.05, 3.63) is 40.4 Å². The van der Waals surface area contributed by atoms with Crippen LogP contribution in [0.2, 0.25) is 5.02 Å². The fraction of sp³-hybridized carbons (Fsp3) is 0.250. The second-order valence-electron chi connectivity index (χ2n) is 5.39. The van der Waals surface area contributed by atoms with Gasteiger partial charge in [0, 0.05) is 23.4 Å². The van der Waals surface area contributed by atoms with Gasteiger partial charge in [-0.2, -0.15) is 5.10 Å². The molecular formula is C16H18ClN5OS2. The molecule has 0 fully saturated rings. The molecule has 6 nitrogen and oxygen atoms in total. The first kappa shape index (κ1) is 19.3. The van der Waals surface area contributed by atoms with E-state index in [2.05, 4.69) is 20.8 Å². The Bertz CT molecular complexity index is 790. The minimum Gasteiger partial charge on any atom is -0.359 e. The molecule has 2 aromatic rings. The van der Waals surface area contributed by atoms with Gasteiger partial charge in [-0.15, -0.1) is 11.3 Å². The third-order valence-corrected chi connectivity index (χ3v) is 4.15. The normalized spacial score (nSPS) is 10.9. The van der Waals surface area contributed by atoms with Crippen LogP contribution in [0.15, 0.2) is 34.7 Å². The molecule has 0 aliphatic carbocycles. The van der Waals surface area contributed by atoms with Gasteiger partial charge in [0.05, 0.1) is 17.6 Å². The lowest BCUT2D eigenvalue weighted by Gasteiger charge is -2.18. The van der Waals surface area contributed by atoms with Crippen molar-refractivity contribution in [2.75, 3.05) is 4.90 Å². The lowest BCUT2D eigenvalue weighted by molar-refractivity contribution is -0.115. The van der Waals surface area contributed by atoms with Gasteiger partial charge in [0.2, 0.25) is 5.91 Å². The highest BCUT2D eigenvalue weighted by molar-refractivity contribution is 7.80. The molecule has 0 aliphatic rings. The second-order valence-corrected chi connectivity index (χ2v) is 7.07. The monoisotopic (exact) mass is 395 g/mol. The van der Waals surface area contributed by atoms with Crippen LogP contribution >= 0.6 is 35.2 Å². The van der Waals surface area contributed by atoms with Crippen LogP contribution in [0.3, 0.4) is 0 Å². The zero-order valence-corrected chi connectivity index (χ0v) is 16.4. The maximum atomic E-state index is 12.0. The molecule has 132 valence electrons. The first-order valence-corrected chi connectivity index (χ1v) is 9.14. The average Bonchev–Trinajstić information content (AvgIpc) is 2.94. The van der Waals surface area contributed by atoms with Crippen LogP contribution in [0.1, 0.15) is 26.5 Å². The second kappa shape index (κ2) is 8.89. The van der Waals surface area contributed by atoms with Gasteiger partial charge in [0.1, 0.15) is 0 Å². The number of nitrogens with one attached hydrogen (secondary N) is 2. The zero-order chi connectivity index (χ0) is 18.4. The van der Waals surface area contributed by atoms with Crippen molar-refractivity contribution in [1.82, 2.24) is 15.7 Å². The fourth-order valence-electron chi connectivity index (χ4n) is 1.93. The van der Waals surface area contributed by atoms with E-state index >= 15 is 0 Å². The summed E-state index contributed by atoms with van der Waals surface area (Å²) in [6.07, 6.45) is 1.55. The molecule has 0 unspecified atom stereocenters. The van der Waals surface area contributed by atoms with Gasteiger partial charge in [-0.3, -0.25) is 15.1 Å². The highest BCUT2D eigenvalue weighted by Gasteiger charge is 2.17. The van der Waals surface area contributed by atoms with E-state index < -0.39 is 0 Å². The molecule has 0 atom stereocenters. The van der Waals surface area contributed by atoms with Crippen molar-refractivity contribution >= 4 is 63.2 Å². The minimum absolute atomic E-state index is 0.152. The number of aromatic nitrogens is 1. The van der Waals surface area contributed by atoms with Crippen molar-refractivity contribution in [2.24, 2.45) is 5.10 Å². The number of halogens is 1. The Morgan fingerprint density at radius 2 is 2.24 bits per heavy atom. The van der Waals surface area contributed by atoms with Crippen LogP contribution in [-0.2, 0) is 4.79 Å². The zero-order valence-electron chi connectivity index (χ0n) is 14.0. The van der Waals surface area contributed by atoms with Crippen LogP contribution in [-0.4, -0.2) is 28.3 Å². The number of carbonyl (C=O) groups excluding carboxylic acids is 1. The largest absolute Gasteiger partial charge is 0.359 e. The molecule has 1 heterocycles. The van der Waals surface area contributed by atoms with Gasteiger partial charge in [-0.05, 0) is 44.3 Å². The maximum Gasteiger partial charge on any atom is 0.230 e. The molecule has 25 heavy (non-hydrogen) atoms. The van der Waals surface area contributed by atoms with E-state index in [1.807, 2.05) is 13.8 Å². The van der Waals surface area contributed by atoms with Gasteiger partial charge in [0.15, 0.2) is 10.2 Å². The van der Waals surface area contributed by atoms with E-state index in [1.54, 1.807) is 35.9 Å². The maximum absolute atomic E-state index is 12.0. The minimum atomic E-state index is -0.152. The molecule has 0 bridgehead atoms. The Morgan fingerprint density at radius 3 is 2.88 bits per heavy atom. The predicted octanol–water partition coefficient (Wildman–Crippen LogP) is 3.69. The first-order valence-electron chi connectivity index (χ1n) is 7.48. The van der Waals surface area contributed by atoms with Crippen molar-refractivity contribution in [3.8, 4) is 0 Å². The molecule has 0 aliphatic heterocycles. The van der Waals surface area contributed by atoms with Crippen molar-refractivity contribution < 1.29 is 4.79 Å². The molecule has 0 saturated heterocycles. The van der Waals surface area contributed by atoms with E-state index in [1.165, 1.54) is 23.2 Å². The summed E-state index contributed by atoms with van der Waals surface area (Å²) in [4.78, 5) is 18.0. The van der Waals surface area contributed by atoms with E-state index in [4.69, 9.17) is 23.8 Å². The van der Waals surface area contributed by atoms with Crippen molar-refractivity contribution in [2.45, 2.75) is 26.8 Å². The molecule has 9 heteroatoms. The Kier molecular flexibility index (Phi) is 6.86. The molecule has 1 amide bonds. The lowest BCUT2D eigenvalue weighted by atomic mass is 10.3. The standard InChI is InChI=1S/C16H18ClN5OS2/c1-10(2)19-15(24)21-18-8-13-9-25-16(20-13)22(11(3)23)14-6-4-5-12(17)7-14/h4-10H,1-3H3,(H2,19,21,24)/b18-8-. The van der Waals surface area contributed by atoms with Gasteiger partial charge in [-0.25, -0.2) is 4.98 Å². The van der Waals surface area contributed by atoms with Crippen molar-refractivity contribution in [3.63, 3.8) is 0 Å². The predicted molar refractivity (Wildman–Crippen MR) is 108 cm³/mol. The molecule has 2 rings (SSSR count). The summed E-state index contributed by atoms with van der Waals surface area (Å²) in [6.45, 7) is 5.45. The lowest BCUT2D eigenvalue weighted by Crippen LogP contribution is -2.36.